The van der Waals surface area contributed by atoms with Crippen molar-refractivity contribution in [3.8, 4) is 5.75 Å². The Morgan fingerprint density at radius 3 is 1.57 bits per heavy atom. The third-order valence-corrected chi connectivity index (χ3v) is 6.45. The minimum absolute atomic E-state index is 0.301. The largest absolute Gasteiger partial charge is 0.508 e. The average Bonchev–Trinajstić information content (AvgIpc) is 2.89. The first-order valence-corrected chi connectivity index (χ1v) is 13.4. The van der Waals surface area contributed by atoms with Gasteiger partial charge in [-0.3, -0.25) is 0 Å². The molecule has 3 aromatic rings. The highest BCUT2D eigenvalue weighted by atomic mass is 16.5. The molecule has 3 rings (SSSR count). The number of phenols is 1. The van der Waals surface area contributed by atoms with Crippen LogP contribution in [0.3, 0.4) is 0 Å². The fraction of sp³-hybridized carbons (Fsp3) is 0.438. The van der Waals surface area contributed by atoms with Crippen molar-refractivity contribution in [1.29, 1.82) is 0 Å². The van der Waals surface area contributed by atoms with Crippen LogP contribution in [-0.4, -0.2) is 18.3 Å². The molecule has 0 saturated carbocycles. The number of benzene rings is 3. The molecule has 0 aliphatic heterocycles. The highest BCUT2D eigenvalue weighted by Crippen LogP contribution is 2.23. The van der Waals surface area contributed by atoms with E-state index in [0.29, 0.717) is 19.0 Å². The Hall–Kier alpha value is -2.62. The monoisotopic (exact) mass is 474 g/mol. The third-order valence-electron chi connectivity index (χ3n) is 6.45. The second-order valence-corrected chi connectivity index (χ2v) is 9.32. The smallest absolute Gasteiger partial charge is 0.121 e. The molecule has 3 nitrogen and oxygen atoms in total. The van der Waals surface area contributed by atoms with E-state index in [4.69, 9.17) is 9.47 Å². The molecule has 0 atom stereocenters. The third kappa shape index (κ3) is 11.1. The molecule has 3 aromatic carbocycles. The number of phenolic OH excluding ortho intramolecular Hbond substituents is 1. The molecule has 0 aromatic heterocycles. The Labute approximate surface area is 212 Å². The predicted octanol–water partition coefficient (Wildman–Crippen LogP) is 8.03. The van der Waals surface area contributed by atoms with Gasteiger partial charge < -0.3 is 14.6 Å². The normalized spacial score (nSPS) is 11.1. The van der Waals surface area contributed by atoms with Crippen molar-refractivity contribution in [2.75, 3.05) is 13.2 Å². The zero-order valence-electron chi connectivity index (χ0n) is 21.2. The van der Waals surface area contributed by atoms with Gasteiger partial charge in [0.2, 0.25) is 0 Å². The number of unbranched alkanes of at least 4 members (excludes halogenated alkanes) is 6. The van der Waals surface area contributed by atoms with Gasteiger partial charge in [0.15, 0.2) is 0 Å². The molecule has 0 fully saturated rings. The fourth-order valence-electron chi connectivity index (χ4n) is 4.34. The molecule has 1 N–H and O–H groups in total. The predicted molar refractivity (Wildman–Crippen MR) is 145 cm³/mol. The molecule has 188 valence electrons. The summed E-state index contributed by atoms with van der Waals surface area (Å²) in [5.41, 5.74) is 4.72. The molecular weight excluding hydrogens is 432 g/mol. The maximum atomic E-state index is 10.3. The molecule has 0 bridgehead atoms. The molecule has 0 aliphatic carbocycles. The summed E-state index contributed by atoms with van der Waals surface area (Å²) in [5.74, 6) is 0.301. The molecule has 0 heterocycles. The summed E-state index contributed by atoms with van der Waals surface area (Å²) in [6.07, 6.45) is 11.7. The van der Waals surface area contributed by atoms with Crippen LogP contribution < -0.4 is 0 Å². The van der Waals surface area contributed by atoms with E-state index in [1.807, 2.05) is 12.1 Å². The summed E-state index contributed by atoms with van der Waals surface area (Å²) < 4.78 is 11.8. The molecule has 0 saturated heterocycles. The lowest BCUT2D eigenvalue weighted by atomic mass is 10.1. The molecule has 0 aliphatic rings. The lowest BCUT2D eigenvalue weighted by Gasteiger charge is -2.13. The van der Waals surface area contributed by atoms with Gasteiger partial charge in [0.1, 0.15) is 5.75 Å². The Morgan fingerprint density at radius 1 is 0.486 bits per heavy atom. The maximum absolute atomic E-state index is 10.3. The summed E-state index contributed by atoms with van der Waals surface area (Å²) in [7, 11) is 0. The van der Waals surface area contributed by atoms with Crippen molar-refractivity contribution in [2.24, 2.45) is 0 Å². The quantitative estimate of drug-likeness (QED) is 0.190. The summed E-state index contributed by atoms with van der Waals surface area (Å²) in [6.45, 7) is 2.44. The van der Waals surface area contributed by atoms with E-state index in [2.05, 4.69) is 60.7 Å². The molecule has 0 amide bonds. The fourth-order valence-corrected chi connectivity index (χ4v) is 4.34. The molecule has 0 unspecified atom stereocenters. The summed E-state index contributed by atoms with van der Waals surface area (Å²) >= 11 is 0. The molecule has 0 spiro atoms. The van der Waals surface area contributed by atoms with Crippen LogP contribution in [0.5, 0.6) is 5.75 Å². The number of rotatable bonds is 18. The number of aryl methyl sites for hydroxylation is 2. The minimum Gasteiger partial charge on any atom is -0.508 e. The van der Waals surface area contributed by atoms with E-state index in [-0.39, 0.29) is 0 Å². The van der Waals surface area contributed by atoms with Crippen LogP contribution in [0.2, 0.25) is 0 Å². The number of aromatic hydroxyl groups is 1. The van der Waals surface area contributed by atoms with Crippen LogP contribution in [0, 0.1) is 0 Å². The van der Waals surface area contributed by atoms with Gasteiger partial charge in [-0.25, -0.2) is 0 Å². The van der Waals surface area contributed by atoms with E-state index in [1.54, 1.807) is 6.07 Å². The van der Waals surface area contributed by atoms with E-state index in [1.165, 1.54) is 49.7 Å². The zero-order chi connectivity index (χ0) is 24.4. The first-order chi connectivity index (χ1) is 17.3. The van der Waals surface area contributed by atoms with Gasteiger partial charge >= 0.3 is 0 Å². The first kappa shape index (κ1) is 27.0. The second kappa shape index (κ2) is 16.9. The van der Waals surface area contributed by atoms with E-state index in [0.717, 1.165) is 50.0 Å². The zero-order valence-corrected chi connectivity index (χ0v) is 21.2. The van der Waals surface area contributed by atoms with Crippen LogP contribution >= 0.6 is 0 Å². The number of ether oxygens (including phenoxy) is 2. The minimum atomic E-state index is 0.301. The van der Waals surface area contributed by atoms with Crippen LogP contribution in [0.15, 0.2) is 78.9 Å². The highest BCUT2D eigenvalue weighted by molar-refractivity contribution is 5.38. The lowest BCUT2D eigenvalue weighted by molar-refractivity contribution is 0.102. The number of hydrogen-bond donors (Lipinski definition) is 1. The van der Waals surface area contributed by atoms with E-state index >= 15 is 0 Å². The van der Waals surface area contributed by atoms with Gasteiger partial charge in [-0.1, -0.05) is 98.5 Å². The van der Waals surface area contributed by atoms with Gasteiger partial charge in [-0.05, 0) is 61.3 Å². The SMILES string of the molecule is Oc1cccc(COCCCCCCc2ccccc2)c1COCCCCCCc1ccccc1. The molecular formula is C32H42O3. The van der Waals surface area contributed by atoms with Gasteiger partial charge in [0, 0.05) is 18.8 Å². The van der Waals surface area contributed by atoms with Crippen molar-refractivity contribution >= 4 is 0 Å². The van der Waals surface area contributed by atoms with Gasteiger partial charge in [0.05, 0.1) is 13.2 Å². The van der Waals surface area contributed by atoms with E-state index in [9.17, 15) is 5.11 Å². The van der Waals surface area contributed by atoms with E-state index < -0.39 is 0 Å². The Morgan fingerprint density at radius 2 is 1.00 bits per heavy atom. The van der Waals surface area contributed by atoms with Crippen molar-refractivity contribution < 1.29 is 14.6 Å². The maximum Gasteiger partial charge on any atom is 0.121 e. The molecule has 35 heavy (non-hydrogen) atoms. The highest BCUT2D eigenvalue weighted by Gasteiger charge is 2.08. The van der Waals surface area contributed by atoms with Crippen molar-refractivity contribution in [2.45, 2.75) is 77.4 Å². The Bertz CT molecular complexity index is 924. The van der Waals surface area contributed by atoms with Crippen molar-refractivity contribution in [1.82, 2.24) is 0 Å². The lowest BCUT2D eigenvalue weighted by Crippen LogP contribution is -2.03. The summed E-state index contributed by atoms with van der Waals surface area (Å²) in [5, 5.41) is 10.3. The van der Waals surface area contributed by atoms with Crippen LogP contribution in [0.25, 0.3) is 0 Å². The molecule has 0 radical (unpaired) electrons. The van der Waals surface area contributed by atoms with Crippen LogP contribution in [0.1, 0.15) is 73.6 Å². The molecule has 3 heteroatoms. The topological polar surface area (TPSA) is 38.7 Å². The van der Waals surface area contributed by atoms with Gasteiger partial charge in [-0.15, -0.1) is 0 Å². The summed E-state index contributed by atoms with van der Waals surface area (Å²) in [4.78, 5) is 0. The van der Waals surface area contributed by atoms with Crippen LogP contribution in [0.4, 0.5) is 0 Å². The van der Waals surface area contributed by atoms with Crippen molar-refractivity contribution in [3.63, 3.8) is 0 Å². The Balaban J connectivity index is 1.23. The average molecular weight is 475 g/mol. The standard InChI is InChI=1S/C32H42O3/c33-32-23-15-22-30(26-34-24-13-3-1-7-16-28-18-9-5-10-19-28)31(32)27-35-25-14-4-2-8-17-29-20-11-6-12-21-29/h5-6,9-12,15,18-23,33H,1-4,7-8,13-14,16-17,24-27H2. The second-order valence-electron chi connectivity index (χ2n) is 9.32. The number of hydrogen-bond acceptors (Lipinski definition) is 3. The first-order valence-electron chi connectivity index (χ1n) is 13.4. The van der Waals surface area contributed by atoms with Gasteiger partial charge in [-0.2, -0.15) is 0 Å². The summed E-state index contributed by atoms with van der Waals surface area (Å²) in [6, 6.07) is 27.0. The van der Waals surface area contributed by atoms with Gasteiger partial charge in [0.25, 0.3) is 0 Å². The Kier molecular flexibility index (Phi) is 13.0. The van der Waals surface area contributed by atoms with Crippen LogP contribution in [-0.2, 0) is 35.5 Å². The van der Waals surface area contributed by atoms with Crippen molar-refractivity contribution in [3.05, 3.63) is 101 Å².